The molecule has 1 rings (SSSR count). The zero-order valence-electron chi connectivity index (χ0n) is 12.2. The average molecular weight is 256 g/mol. The fourth-order valence-electron chi connectivity index (χ4n) is 2.37. The summed E-state index contributed by atoms with van der Waals surface area (Å²) in [4.78, 5) is 12.0. The number of amides is 1. The highest BCUT2D eigenvalue weighted by Gasteiger charge is 2.33. The Balaban J connectivity index is 2.49. The molecule has 0 bridgehead atoms. The third-order valence-corrected chi connectivity index (χ3v) is 4.17. The van der Waals surface area contributed by atoms with Gasteiger partial charge >= 0.3 is 0 Å². The molecule has 1 unspecified atom stereocenters. The monoisotopic (exact) mass is 256 g/mol. The number of hydrogen-bond donors (Lipinski definition) is 2. The summed E-state index contributed by atoms with van der Waals surface area (Å²) in [6.07, 6.45) is 2.13. The Morgan fingerprint density at radius 1 is 1.33 bits per heavy atom. The Kier molecular flexibility index (Phi) is 6.09. The molecule has 0 spiro atoms. The van der Waals surface area contributed by atoms with E-state index in [1.807, 2.05) is 6.92 Å². The van der Waals surface area contributed by atoms with E-state index in [0.29, 0.717) is 5.92 Å². The van der Waals surface area contributed by atoms with E-state index >= 15 is 0 Å². The topological polar surface area (TPSA) is 50.4 Å². The molecule has 1 aliphatic heterocycles. The average Bonchev–Trinajstić information content (AvgIpc) is 2.36. The van der Waals surface area contributed by atoms with E-state index < -0.39 is 0 Å². The van der Waals surface area contributed by atoms with Gasteiger partial charge in [-0.25, -0.2) is 0 Å². The zero-order chi connectivity index (χ0) is 13.6. The Bertz CT molecular complexity index is 255. The Morgan fingerprint density at radius 3 is 2.44 bits per heavy atom. The first-order valence-electron chi connectivity index (χ1n) is 6.98. The summed E-state index contributed by atoms with van der Waals surface area (Å²) in [7, 11) is 1.74. The highest BCUT2D eigenvalue weighted by atomic mass is 16.5. The molecule has 0 aromatic carbocycles. The SMILES string of the molecule is COCC1(CNC(=O)C(C)C(C)C)CCNCC1. The van der Waals surface area contributed by atoms with Gasteiger partial charge in [0.15, 0.2) is 0 Å². The van der Waals surface area contributed by atoms with Crippen molar-refractivity contribution in [2.24, 2.45) is 17.3 Å². The molecule has 4 heteroatoms. The number of carbonyl (C=O) groups is 1. The van der Waals surface area contributed by atoms with Gasteiger partial charge in [-0.3, -0.25) is 4.79 Å². The van der Waals surface area contributed by atoms with Crippen LogP contribution in [0.2, 0.25) is 0 Å². The number of nitrogens with one attached hydrogen (secondary N) is 2. The summed E-state index contributed by atoms with van der Waals surface area (Å²) in [6.45, 7) is 9.65. The van der Waals surface area contributed by atoms with Gasteiger partial charge in [0.25, 0.3) is 0 Å². The molecule has 0 saturated carbocycles. The predicted molar refractivity (Wildman–Crippen MR) is 73.4 cm³/mol. The second-order valence-corrected chi connectivity index (χ2v) is 5.93. The highest BCUT2D eigenvalue weighted by Crippen LogP contribution is 2.28. The number of methoxy groups -OCH3 is 1. The quantitative estimate of drug-likeness (QED) is 0.755. The van der Waals surface area contributed by atoms with Crippen LogP contribution in [-0.4, -0.2) is 39.3 Å². The molecule has 0 radical (unpaired) electrons. The van der Waals surface area contributed by atoms with Crippen LogP contribution in [0, 0.1) is 17.3 Å². The molecule has 18 heavy (non-hydrogen) atoms. The normalized spacial score (nSPS) is 20.7. The number of hydrogen-bond acceptors (Lipinski definition) is 3. The first kappa shape index (κ1) is 15.4. The van der Waals surface area contributed by atoms with E-state index in [4.69, 9.17) is 4.74 Å². The van der Waals surface area contributed by atoms with Crippen molar-refractivity contribution in [3.05, 3.63) is 0 Å². The minimum absolute atomic E-state index is 0.0753. The lowest BCUT2D eigenvalue weighted by Gasteiger charge is -2.37. The van der Waals surface area contributed by atoms with E-state index in [1.165, 1.54) is 0 Å². The molecule has 4 nitrogen and oxygen atoms in total. The maximum Gasteiger partial charge on any atom is 0.223 e. The number of rotatable bonds is 6. The lowest BCUT2D eigenvalue weighted by Crippen LogP contribution is -2.48. The summed E-state index contributed by atoms with van der Waals surface area (Å²) in [6, 6.07) is 0. The third-order valence-electron chi connectivity index (χ3n) is 4.17. The van der Waals surface area contributed by atoms with E-state index in [2.05, 4.69) is 24.5 Å². The van der Waals surface area contributed by atoms with Crippen molar-refractivity contribution in [3.63, 3.8) is 0 Å². The molecular formula is C14H28N2O2. The van der Waals surface area contributed by atoms with Crippen LogP contribution in [-0.2, 0) is 9.53 Å². The Hall–Kier alpha value is -0.610. The van der Waals surface area contributed by atoms with Crippen molar-refractivity contribution in [1.82, 2.24) is 10.6 Å². The molecular weight excluding hydrogens is 228 g/mol. The van der Waals surface area contributed by atoms with Crippen LogP contribution in [0.5, 0.6) is 0 Å². The smallest absolute Gasteiger partial charge is 0.223 e. The van der Waals surface area contributed by atoms with Crippen LogP contribution >= 0.6 is 0 Å². The lowest BCUT2D eigenvalue weighted by atomic mass is 9.79. The van der Waals surface area contributed by atoms with Crippen molar-refractivity contribution < 1.29 is 9.53 Å². The molecule has 1 saturated heterocycles. The summed E-state index contributed by atoms with van der Waals surface area (Å²) < 4.78 is 5.35. The number of ether oxygens (including phenoxy) is 1. The first-order chi connectivity index (χ1) is 8.51. The van der Waals surface area contributed by atoms with E-state index in [-0.39, 0.29) is 17.2 Å². The molecule has 2 N–H and O–H groups in total. The van der Waals surface area contributed by atoms with Crippen molar-refractivity contribution in [2.75, 3.05) is 33.4 Å². The van der Waals surface area contributed by atoms with Crippen molar-refractivity contribution in [1.29, 1.82) is 0 Å². The Labute approximate surface area is 111 Å². The minimum atomic E-state index is 0.0753. The molecule has 1 aliphatic rings. The second kappa shape index (κ2) is 7.10. The predicted octanol–water partition coefficient (Wildman–Crippen LogP) is 1.41. The molecule has 0 aliphatic carbocycles. The lowest BCUT2D eigenvalue weighted by molar-refractivity contribution is -0.126. The standard InChI is InChI=1S/C14H28N2O2/c1-11(2)12(3)13(17)16-9-14(10-18-4)5-7-15-8-6-14/h11-12,15H,5-10H2,1-4H3,(H,16,17). The van der Waals surface area contributed by atoms with Gasteiger partial charge in [0, 0.05) is 25.0 Å². The number of carbonyl (C=O) groups excluding carboxylic acids is 1. The van der Waals surface area contributed by atoms with Crippen LogP contribution in [0.25, 0.3) is 0 Å². The van der Waals surface area contributed by atoms with Gasteiger partial charge in [-0.05, 0) is 31.8 Å². The first-order valence-corrected chi connectivity index (χ1v) is 6.98. The van der Waals surface area contributed by atoms with Gasteiger partial charge in [-0.1, -0.05) is 20.8 Å². The summed E-state index contributed by atoms with van der Waals surface area (Å²) >= 11 is 0. The van der Waals surface area contributed by atoms with Crippen LogP contribution in [0.4, 0.5) is 0 Å². The van der Waals surface area contributed by atoms with Crippen LogP contribution in [0.15, 0.2) is 0 Å². The summed E-state index contributed by atoms with van der Waals surface area (Å²) in [5, 5.41) is 6.47. The molecule has 0 aromatic rings. The molecule has 106 valence electrons. The van der Waals surface area contributed by atoms with E-state index in [0.717, 1.165) is 39.1 Å². The Morgan fingerprint density at radius 2 is 1.94 bits per heavy atom. The molecule has 1 amide bonds. The van der Waals surface area contributed by atoms with Crippen LogP contribution < -0.4 is 10.6 Å². The minimum Gasteiger partial charge on any atom is -0.384 e. The second-order valence-electron chi connectivity index (χ2n) is 5.93. The van der Waals surface area contributed by atoms with Gasteiger partial charge in [-0.15, -0.1) is 0 Å². The number of piperidine rings is 1. The van der Waals surface area contributed by atoms with E-state index in [9.17, 15) is 4.79 Å². The maximum atomic E-state index is 12.0. The zero-order valence-corrected chi connectivity index (χ0v) is 12.2. The van der Waals surface area contributed by atoms with Gasteiger partial charge in [0.05, 0.1) is 6.61 Å². The summed E-state index contributed by atoms with van der Waals surface area (Å²) in [5.41, 5.74) is 0.117. The van der Waals surface area contributed by atoms with Gasteiger partial charge < -0.3 is 15.4 Å². The maximum absolute atomic E-state index is 12.0. The fraction of sp³-hybridized carbons (Fsp3) is 0.929. The molecule has 1 fully saturated rings. The molecule has 0 aromatic heterocycles. The van der Waals surface area contributed by atoms with Crippen molar-refractivity contribution in [3.8, 4) is 0 Å². The highest BCUT2D eigenvalue weighted by molar-refractivity contribution is 5.78. The fourth-order valence-corrected chi connectivity index (χ4v) is 2.37. The van der Waals surface area contributed by atoms with Gasteiger partial charge in [0.2, 0.25) is 5.91 Å². The molecule has 1 atom stereocenters. The van der Waals surface area contributed by atoms with Crippen LogP contribution in [0.1, 0.15) is 33.6 Å². The van der Waals surface area contributed by atoms with Crippen LogP contribution in [0.3, 0.4) is 0 Å². The summed E-state index contributed by atoms with van der Waals surface area (Å²) in [5.74, 6) is 0.627. The molecule has 1 heterocycles. The largest absolute Gasteiger partial charge is 0.384 e. The van der Waals surface area contributed by atoms with E-state index in [1.54, 1.807) is 7.11 Å². The van der Waals surface area contributed by atoms with Crippen molar-refractivity contribution >= 4 is 5.91 Å². The van der Waals surface area contributed by atoms with Gasteiger partial charge in [-0.2, -0.15) is 0 Å². The van der Waals surface area contributed by atoms with Crippen molar-refractivity contribution in [2.45, 2.75) is 33.6 Å². The third kappa shape index (κ3) is 4.25. The van der Waals surface area contributed by atoms with Gasteiger partial charge in [0.1, 0.15) is 0 Å².